The van der Waals surface area contributed by atoms with Crippen molar-refractivity contribution in [3.8, 4) is 0 Å². The molecule has 0 bridgehead atoms. The Labute approximate surface area is 208 Å². The topological polar surface area (TPSA) is 0 Å². The molecule has 0 spiro atoms. The second kappa shape index (κ2) is 13.1. The normalized spacial score (nSPS) is 31.3. The zero-order valence-electron chi connectivity index (χ0n) is 17.0. The zero-order chi connectivity index (χ0) is 16.4. The van der Waals surface area contributed by atoms with E-state index in [1.165, 1.54) is 57.8 Å². The second-order valence-corrected chi connectivity index (χ2v) is 11.4. The monoisotopic (exact) mass is 490 g/mol. The number of fused-ring (bicyclic) bond motifs is 1. The molecular weight excluding hydrogens is 459 g/mol. The molecule has 0 nitrogen and oxygen atoms in total. The quantitative estimate of drug-likeness (QED) is 0.289. The van der Waals surface area contributed by atoms with Gasteiger partial charge in [-0.15, -0.1) is 12.2 Å². The van der Waals surface area contributed by atoms with Gasteiger partial charge < -0.3 is 37.2 Å². The van der Waals surface area contributed by atoms with Gasteiger partial charge in [0.25, 0.3) is 0 Å². The van der Waals surface area contributed by atoms with Crippen LogP contribution in [-0.2, 0) is 21.7 Å². The van der Waals surface area contributed by atoms with Crippen LogP contribution < -0.4 is 37.2 Å². The summed E-state index contributed by atoms with van der Waals surface area (Å²) < 4.78 is 0. The van der Waals surface area contributed by atoms with Crippen molar-refractivity contribution < 1.29 is 58.9 Å². The average molecular weight is 492 g/mol. The third kappa shape index (κ3) is 6.56. The van der Waals surface area contributed by atoms with Crippen LogP contribution in [0.2, 0.25) is 5.04 Å². The smallest absolute Gasteiger partial charge is 1.00 e. The molecule has 4 aliphatic carbocycles. The van der Waals surface area contributed by atoms with E-state index in [0.717, 1.165) is 17.8 Å². The fourth-order valence-electron chi connectivity index (χ4n) is 5.81. The zero-order valence-corrected chi connectivity index (χ0v) is 22.2. The van der Waals surface area contributed by atoms with Crippen LogP contribution in [0.25, 0.3) is 0 Å². The third-order valence-electron chi connectivity index (χ3n) is 7.06. The molecule has 5 heteroatoms. The third-order valence-corrected chi connectivity index (χ3v) is 10.1. The molecule has 3 atom stereocenters. The molecule has 0 N–H and O–H groups in total. The van der Waals surface area contributed by atoms with Crippen LogP contribution in [0.15, 0.2) is 48.1 Å². The molecule has 0 amide bonds. The Bertz CT molecular complexity index is 580. The van der Waals surface area contributed by atoms with Gasteiger partial charge >= 0.3 is 21.7 Å². The number of halogens is 3. The Morgan fingerprint density at radius 1 is 1.04 bits per heavy atom. The Hall–Kier alpha value is 0.631. The van der Waals surface area contributed by atoms with Gasteiger partial charge in [-0.05, 0) is 45.7 Å². The van der Waals surface area contributed by atoms with Gasteiger partial charge in [-0.1, -0.05) is 75.7 Å². The summed E-state index contributed by atoms with van der Waals surface area (Å²) >= 11 is 0. The Kier molecular flexibility index (Phi) is 13.4. The molecule has 0 saturated heterocycles. The first kappa shape index (κ1) is 28.6. The summed E-state index contributed by atoms with van der Waals surface area (Å²) in [4.78, 5) is 0. The number of allylic oxidation sites excluding steroid dienone is 8. The Balaban J connectivity index is 0.00000182. The standard InChI is InChI=1S/C23H33Si.3ClH.Ti/c1-18-16-20-12-6-7-13-21(20)22(18)24-23(14-8-3-9-15-23)17-19-10-4-2-5-11-19;;;;/h3,6-9,13-14,18-20H,2,4-5,10-12,15-17,24H2,1H3;3*1H;/q-1;;;;+4/p-3. The van der Waals surface area contributed by atoms with Crippen molar-refractivity contribution >= 4 is 9.52 Å². The summed E-state index contributed by atoms with van der Waals surface area (Å²) in [5.41, 5.74) is 3.70. The summed E-state index contributed by atoms with van der Waals surface area (Å²) in [7, 11) is -0.247. The molecule has 4 aliphatic rings. The molecule has 0 aromatic heterocycles. The second-order valence-electron chi connectivity index (χ2n) is 8.88. The van der Waals surface area contributed by atoms with Crippen molar-refractivity contribution in [1.82, 2.24) is 0 Å². The van der Waals surface area contributed by atoms with E-state index >= 15 is 0 Å². The van der Waals surface area contributed by atoms with Crippen molar-refractivity contribution in [2.75, 3.05) is 0 Å². The van der Waals surface area contributed by atoms with E-state index < -0.39 is 0 Å². The molecule has 28 heavy (non-hydrogen) atoms. The average Bonchev–Trinajstić information content (AvgIpc) is 2.92. The van der Waals surface area contributed by atoms with Crippen LogP contribution in [-0.4, -0.2) is 9.52 Å². The van der Waals surface area contributed by atoms with Gasteiger partial charge in [0.05, 0.1) is 0 Å². The molecule has 2 fully saturated rings. The van der Waals surface area contributed by atoms with E-state index in [1.54, 1.807) is 5.57 Å². The van der Waals surface area contributed by atoms with Crippen molar-refractivity contribution in [2.45, 2.75) is 69.7 Å². The molecule has 0 aromatic rings. The van der Waals surface area contributed by atoms with Gasteiger partial charge in [-0.25, -0.2) is 17.2 Å². The molecule has 0 heterocycles. The minimum absolute atomic E-state index is 0. The van der Waals surface area contributed by atoms with E-state index in [4.69, 9.17) is 0 Å². The van der Waals surface area contributed by atoms with Gasteiger partial charge in [-0.3, -0.25) is 0 Å². The Morgan fingerprint density at radius 3 is 2.46 bits per heavy atom. The van der Waals surface area contributed by atoms with Crippen LogP contribution in [0.3, 0.4) is 0 Å². The van der Waals surface area contributed by atoms with Crippen LogP contribution in [0.4, 0.5) is 0 Å². The number of hydrogen-bond donors (Lipinski definition) is 0. The van der Waals surface area contributed by atoms with E-state index in [1.807, 2.05) is 5.54 Å². The van der Waals surface area contributed by atoms with E-state index in [-0.39, 0.29) is 68.5 Å². The molecule has 0 aliphatic heterocycles. The fraction of sp³-hybridized carbons (Fsp3) is 0.609. The fourth-order valence-corrected chi connectivity index (χ4v) is 8.81. The van der Waals surface area contributed by atoms with Crippen molar-refractivity contribution in [2.24, 2.45) is 17.8 Å². The summed E-state index contributed by atoms with van der Waals surface area (Å²) in [6.07, 6.45) is 29.8. The maximum Gasteiger partial charge on any atom is 4.00 e. The molecule has 4 rings (SSSR count). The van der Waals surface area contributed by atoms with E-state index in [0.29, 0.717) is 5.04 Å². The minimum Gasteiger partial charge on any atom is -1.00 e. The van der Waals surface area contributed by atoms with Crippen LogP contribution in [0.1, 0.15) is 64.7 Å². The first-order valence-electron chi connectivity index (χ1n) is 10.3. The summed E-state index contributed by atoms with van der Waals surface area (Å²) in [6, 6.07) is 0. The summed E-state index contributed by atoms with van der Waals surface area (Å²) in [5.74, 6) is 2.69. The minimum atomic E-state index is -0.247. The first-order chi connectivity index (χ1) is 11.8. The van der Waals surface area contributed by atoms with Crippen LogP contribution in [0.5, 0.6) is 0 Å². The summed E-state index contributed by atoms with van der Waals surface area (Å²) in [6.45, 7) is 2.51. The van der Waals surface area contributed by atoms with Gasteiger partial charge in [0, 0.05) is 0 Å². The molecule has 2 saturated carbocycles. The largest absolute Gasteiger partial charge is 4.00 e. The molecule has 0 aromatic carbocycles. The first-order valence-corrected chi connectivity index (χ1v) is 11.7. The molecular formula is C23H33Cl3SiTi. The van der Waals surface area contributed by atoms with E-state index in [2.05, 4.69) is 49.5 Å². The predicted molar refractivity (Wildman–Crippen MR) is 108 cm³/mol. The van der Waals surface area contributed by atoms with Gasteiger partial charge in [0.1, 0.15) is 0 Å². The van der Waals surface area contributed by atoms with Crippen molar-refractivity contribution in [3.63, 3.8) is 0 Å². The SMILES string of the molecule is CC1CC2CC=CC=C2[C-]1[SiH2]C1(CC2CCCCC2)C=CC=CC1.[Cl-].[Cl-].[Cl-].[Ti+4]. The predicted octanol–water partition coefficient (Wildman–Crippen LogP) is -3.12. The van der Waals surface area contributed by atoms with Crippen molar-refractivity contribution in [3.05, 3.63) is 53.6 Å². The van der Waals surface area contributed by atoms with Crippen LogP contribution in [0, 0.1) is 23.3 Å². The summed E-state index contributed by atoms with van der Waals surface area (Å²) in [5, 5.41) is 0.539. The maximum absolute atomic E-state index is 2.64. The van der Waals surface area contributed by atoms with Crippen LogP contribution >= 0.6 is 0 Å². The molecule has 0 radical (unpaired) electrons. The number of rotatable bonds is 4. The molecule has 3 unspecified atom stereocenters. The van der Waals surface area contributed by atoms with E-state index in [9.17, 15) is 0 Å². The van der Waals surface area contributed by atoms with Crippen molar-refractivity contribution in [1.29, 1.82) is 0 Å². The van der Waals surface area contributed by atoms with Gasteiger partial charge in [0.2, 0.25) is 0 Å². The number of hydrogen-bond acceptors (Lipinski definition) is 0. The van der Waals surface area contributed by atoms with Gasteiger partial charge in [0.15, 0.2) is 0 Å². The molecule has 154 valence electrons. The Morgan fingerprint density at radius 2 is 1.79 bits per heavy atom. The van der Waals surface area contributed by atoms with Gasteiger partial charge in [-0.2, -0.15) is 0 Å². The maximum atomic E-state index is 2.64.